The summed E-state index contributed by atoms with van der Waals surface area (Å²) in [6.45, 7) is 5.08. The number of nitrogens with one attached hydrogen (secondary N) is 1. The number of carboxylic acids is 1. The van der Waals surface area contributed by atoms with Crippen molar-refractivity contribution < 1.29 is 14.7 Å². The van der Waals surface area contributed by atoms with E-state index in [9.17, 15) is 14.7 Å². The van der Waals surface area contributed by atoms with Crippen molar-refractivity contribution in [3.8, 4) is 0 Å². The number of carboxylic acid groups (broad SMARTS) is 1. The van der Waals surface area contributed by atoms with Gasteiger partial charge in [0.1, 0.15) is 0 Å². The summed E-state index contributed by atoms with van der Waals surface area (Å²) in [5.41, 5.74) is 2.18. The van der Waals surface area contributed by atoms with E-state index in [4.69, 9.17) is 0 Å². The maximum absolute atomic E-state index is 12.3. The van der Waals surface area contributed by atoms with Crippen molar-refractivity contribution in [2.45, 2.75) is 39.2 Å². The molecule has 1 amide bonds. The van der Waals surface area contributed by atoms with E-state index in [0.29, 0.717) is 25.9 Å². The minimum absolute atomic E-state index is 0.0273. The molecule has 0 saturated carbocycles. The summed E-state index contributed by atoms with van der Waals surface area (Å²) < 4.78 is 0. The molecule has 0 spiro atoms. The Morgan fingerprint density at radius 2 is 2.09 bits per heavy atom. The maximum Gasteiger partial charge on any atom is 0.308 e. The highest BCUT2D eigenvalue weighted by Gasteiger charge is 2.34. The number of aliphatic carboxylic acids is 1. The smallest absolute Gasteiger partial charge is 0.308 e. The van der Waals surface area contributed by atoms with Gasteiger partial charge in [-0.1, -0.05) is 18.2 Å². The molecule has 1 aliphatic rings. The first-order chi connectivity index (χ1) is 10.5. The van der Waals surface area contributed by atoms with Crippen LogP contribution in [0.3, 0.4) is 0 Å². The third-order valence-corrected chi connectivity index (χ3v) is 4.43. The Balaban J connectivity index is 1.87. The molecule has 2 atom stereocenters. The predicted molar refractivity (Wildman–Crippen MR) is 85.8 cm³/mol. The van der Waals surface area contributed by atoms with Crippen LogP contribution in [-0.4, -0.2) is 41.0 Å². The summed E-state index contributed by atoms with van der Waals surface area (Å²) in [7, 11) is 0. The first-order valence-corrected chi connectivity index (χ1v) is 7.82. The predicted octanol–water partition coefficient (Wildman–Crippen LogP) is 2.51. The topological polar surface area (TPSA) is 69.6 Å². The molecule has 1 aromatic rings. The normalized spacial score (nSPS) is 21.5. The van der Waals surface area contributed by atoms with Crippen molar-refractivity contribution in [1.29, 1.82) is 0 Å². The van der Waals surface area contributed by atoms with Crippen LogP contribution >= 0.6 is 0 Å². The van der Waals surface area contributed by atoms with E-state index >= 15 is 0 Å². The Morgan fingerprint density at radius 3 is 2.77 bits per heavy atom. The van der Waals surface area contributed by atoms with Gasteiger partial charge in [-0.25, -0.2) is 0 Å². The van der Waals surface area contributed by atoms with Crippen molar-refractivity contribution in [3.05, 3.63) is 29.8 Å². The van der Waals surface area contributed by atoms with E-state index in [2.05, 4.69) is 5.32 Å². The summed E-state index contributed by atoms with van der Waals surface area (Å²) in [6, 6.07) is 7.73. The number of hydrogen-bond donors (Lipinski definition) is 2. The lowest BCUT2D eigenvalue weighted by molar-refractivity contribution is -0.149. The average molecular weight is 304 g/mol. The summed E-state index contributed by atoms with van der Waals surface area (Å²) in [6.07, 6.45) is 1.80. The number of benzene rings is 1. The number of aryl methyl sites for hydroxylation is 1. The van der Waals surface area contributed by atoms with E-state index in [0.717, 1.165) is 17.7 Å². The Bertz CT molecular complexity index is 544. The zero-order valence-corrected chi connectivity index (χ0v) is 13.2. The third kappa shape index (κ3) is 3.78. The highest BCUT2D eigenvalue weighted by atomic mass is 16.4. The molecule has 22 heavy (non-hydrogen) atoms. The number of anilines is 1. The van der Waals surface area contributed by atoms with Gasteiger partial charge in [-0.2, -0.15) is 0 Å². The lowest BCUT2D eigenvalue weighted by atomic mass is 9.90. The number of hydrogen-bond acceptors (Lipinski definition) is 3. The summed E-state index contributed by atoms with van der Waals surface area (Å²) in [4.78, 5) is 25.3. The highest BCUT2D eigenvalue weighted by Crippen LogP contribution is 2.24. The van der Waals surface area contributed by atoms with Gasteiger partial charge in [0, 0.05) is 31.2 Å². The largest absolute Gasteiger partial charge is 0.481 e. The second-order valence-electron chi connectivity index (χ2n) is 5.91. The first-order valence-electron chi connectivity index (χ1n) is 7.82. The van der Waals surface area contributed by atoms with Crippen molar-refractivity contribution in [3.63, 3.8) is 0 Å². The van der Waals surface area contributed by atoms with E-state index in [1.54, 1.807) is 4.90 Å². The monoisotopic (exact) mass is 304 g/mol. The van der Waals surface area contributed by atoms with Gasteiger partial charge in [0.15, 0.2) is 0 Å². The number of rotatable bonds is 5. The fourth-order valence-electron chi connectivity index (χ4n) is 3.04. The van der Waals surface area contributed by atoms with Crippen LogP contribution in [0.25, 0.3) is 0 Å². The minimum atomic E-state index is -0.803. The molecule has 5 nitrogen and oxygen atoms in total. The fraction of sp³-hybridized carbons (Fsp3) is 0.529. The van der Waals surface area contributed by atoms with Crippen molar-refractivity contribution in [1.82, 2.24) is 4.90 Å². The molecule has 0 aliphatic carbocycles. The third-order valence-electron chi connectivity index (χ3n) is 4.43. The highest BCUT2D eigenvalue weighted by molar-refractivity contribution is 5.79. The van der Waals surface area contributed by atoms with E-state index in [1.165, 1.54) is 0 Å². The molecule has 1 saturated heterocycles. The van der Waals surface area contributed by atoms with Crippen LogP contribution in [0, 0.1) is 12.8 Å². The van der Waals surface area contributed by atoms with Gasteiger partial charge in [-0.15, -0.1) is 0 Å². The summed E-state index contributed by atoms with van der Waals surface area (Å²) in [5.74, 6) is -1.22. The van der Waals surface area contributed by atoms with E-state index < -0.39 is 11.9 Å². The quantitative estimate of drug-likeness (QED) is 0.877. The van der Waals surface area contributed by atoms with Crippen LogP contribution in [0.1, 0.15) is 31.7 Å². The number of para-hydroxylation sites is 1. The van der Waals surface area contributed by atoms with Gasteiger partial charge < -0.3 is 15.3 Å². The molecule has 0 radical (unpaired) electrons. The van der Waals surface area contributed by atoms with Crippen LogP contribution in [0.5, 0.6) is 0 Å². The van der Waals surface area contributed by atoms with Gasteiger partial charge in [-0.3, -0.25) is 9.59 Å². The number of carbonyl (C=O) groups excluding carboxylic acids is 1. The van der Waals surface area contributed by atoms with Crippen molar-refractivity contribution in [2.24, 2.45) is 5.92 Å². The Morgan fingerprint density at radius 1 is 1.36 bits per heavy atom. The second kappa shape index (κ2) is 7.29. The van der Waals surface area contributed by atoms with Gasteiger partial charge in [0.05, 0.1) is 5.92 Å². The van der Waals surface area contributed by atoms with E-state index in [1.807, 2.05) is 38.1 Å². The van der Waals surface area contributed by atoms with Crippen LogP contribution in [0.4, 0.5) is 5.69 Å². The Kier molecular flexibility index (Phi) is 5.41. The molecule has 1 aliphatic heterocycles. The molecule has 5 heteroatoms. The molecule has 2 rings (SSSR count). The lowest BCUT2D eigenvalue weighted by Gasteiger charge is -2.37. The molecular formula is C17H24N2O3. The maximum atomic E-state index is 12.3. The summed E-state index contributed by atoms with van der Waals surface area (Å²) >= 11 is 0. The van der Waals surface area contributed by atoms with Crippen LogP contribution in [0.15, 0.2) is 24.3 Å². The number of nitrogens with zero attached hydrogens (tertiary/aromatic N) is 1. The van der Waals surface area contributed by atoms with Crippen LogP contribution < -0.4 is 5.32 Å². The summed E-state index contributed by atoms with van der Waals surface area (Å²) in [5, 5.41) is 12.5. The molecular weight excluding hydrogens is 280 g/mol. The fourth-order valence-corrected chi connectivity index (χ4v) is 3.04. The van der Waals surface area contributed by atoms with Gasteiger partial charge in [-0.05, 0) is 38.3 Å². The molecule has 0 bridgehead atoms. The molecule has 1 heterocycles. The number of amides is 1. The lowest BCUT2D eigenvalue weighted by Crippen LogP contribution is -2.49. The van der Waals surface area contributed by atoms with Crippen molar-refractivity contribution in [2.75, 3.05) is 18.4 Å². The first kappa shape index (κ1) is 16.3. The average Bonchev–Trinajstić information content (AvgIpc) is 2.49. The zero-order valence-electron chi connectivity index (χ0n) is 13.2. The van der Waals surface area contributed by atoms with Gasteiger partial charge >= 0.3 is 5.97 Å². The number of piperidine rings is 1. The number of carbonyl (C=O) groups is 2. The van der Waals surface area contributed by atoms with Crippen LogP contribution in [0.2, 0.25) is 0 Å². The molecule has 0 aromatic heterocycles. The number of likely N-dealkylation sites (tertiary alicyclic amines) is 1. The standard InChI is InChI=1S/C17H24N2O3/c1-12-6-3-4-8-15(12)18-10-9-16(20)19-11-5-7-14(13(19)2)17(21)22/h3-4,6,8,13-14,18H,5,7,9-11H2,1-2H3,(H,21,22)/t13-,14-/m1/s1. The SMILES string of the molecule is Cc1ccccc1NCCC(=O)N1CCC[C@@H](C(=O)O)[C@H]1C. The Hall–Kier alpha value is -2.04. The molecule has 120 valence electrons. The molecule has 2 N–H and O–H groups in total. The zero-order chi connectivity index (χ0) is 16.1. The van der Waals surface area contributed by atoms with Gasteiger partial charge in [0.25, 0.3) is 0 Å². The van der Waals surface area contributed by atoms with Crippen molar-refractivity contribution >= 4 is 17.6 Å². The van der Waals surface area contributed by atoms with Gasteiger partial charge in [0.2, 0.25) is 5.91 Å². The van der Waals surface area contributed by atoms with Crippen LogP contribution in [-0.2, 0) is 9.59 Å². The molecule has 1 aromatic carbocycles. The minimum Gasteiger partial charge on any atom is -0.481 e. The second-order valence-corrected chi connectivity index (χ2v) is 5.91. The Labute approximate surface area is 131 Å². The van der Waals surface area contributed by atoms with E-state index in [-0.39, 0.29) is 11.9 Å². The molecule has 0 unspecified atom stereocenters. The molecule has 1 fully saturated rings.